The number of hydrogen-bond acceptors (Lipinski definition) is 4. The summed E-state index contributed by atoms with van der Waals surface area (Å²) in [4.78, 5) is 4.71. The molecular weight excluding hydrogens is 290 g/mol. The lowest BCUT2D eigenvalue weighted by atomic mass is 9.95. The van der Waals surface area contributed by atoms with Gasteiger partial charge in [0, 0.05) is 11.4 Å². The average molecular weight is 305 g/mol. The number of aryl methyl sites for hydroxylation is 2. The van der Waals surface area contributed by atoms with Gasteiger partial charge in [-0.25, -0.2) is 4.98 Å². The van der Waals surface area contributed by atoms with Crippen molar-refractivity contribution in [2.24, 2.45) is 0 Å². The van der Waals surface area contributed by atoms with Crippen LogP contribution in [0, 0.1) is 22.7 Å². The van der Waals surface area contributed by atoms with E-state index in [0.29, 0.717) is 16.9 Å². The highest BCUT2D eigenvalue weighted by atomic mass is 32.2. The van der Waals surface area contributed by atoms with Crippen molar-refractivity contribution >= 4 is 11.8 Å². The molecule has 0 spiro atoms. The van der Waals surface area contributed by atoms with Crippen LogP contribution in [0.2, 0.25) is 0 Å². The standard InChI is InChI=1S/C18H15N3S/c19-10-14-6-1-2-7-15(14)12-22-18-16(11-20)9-13-5-3-4-8-17(13)21-18/h1-2,6-7,9H,3-5,8,12H2. The van der Waals surface area contributed by atoms with Gasteiger partial charge in [-0.1, -0.05) is 18.2 Å². The molecule has 2 aromatic rings. The Balaban J connectivity index is 1.86. The maximum absolute atomic E-state index is 9.36. The molecular formula is C18H15N3S. The molecule has 1 aromatic carbocycles. The van der Waals surface area contributed by atoms with E-state index in [2.05, 4.69) is 12.1 Å². The van der Waals surface area contributed by atoms with Crippen LogP contribution in [0.25, 0.3) is 0 Å². The van der Waals surface area contributed by atoms with E-state index in [4.69, 9.17) is 10.2 Å². The molecule has 3 nitrogen and oxygen atoms in total. The SMILES string of the molecule is N#Cc1ccccc1CSc1nc2c(cc1C#N)CCCC2. The lowest BCUT2D eigenvalue weighted by Gasteiger charge is -2.16. The Kier molecular flexibility index (Phi) is 4.42. The second-order valence-corrected chi connectivity index (χ2v) is 6.29. The lowest BCUT2D eigenvalue weighted by Crippen LogP contribution is -2.07. The van der Waals surface area contributed by atoms with E-state index in [0.717, 1.165) is 29.1 Å². The molecule has 4 heteroatoms. The van der Waals surface area contributed by atoms with Gasteiger partial charge in [0.1, 0.15) is 11.1 Å². The number of hydrogen-bond donors (Lipinski definition) is 0. The van der Waals surface area contributed by atoms with E-state index in [-0.39, 0.29) is 0 Å². The number of pyridine rings is 1. The number of rotatable bonds is 3. The first-order valence-electron chi connectivity index (χ1n) is 7.35. The summed E-state index contributed by atoms with van der Waals surface area (Å²) in [6.45, 7) is 0. The van der Waals surface area contributed by atoms with Gasteiger partial charge < -0.3 is 0 Å². The van der Waals surface area contributed by atoms with Crippen molar-refractivity contribution in [2.45, 2.75) is 36.5 Å². The Hall–Kier alpha value is -2.30. The van der Waals surface area contributed by atoms with Gasteiger partial charge in [-0.05, 0) is 48.9 Å². The molecule has 0 fully saturated rings. The first-order valence-corrected chi connectivity index (χ1v) is 8.34. The third kappa shape index (κ3) is 2.98. The predicted octanol–water partition coefficient (Wildman–Crippen LogP) is 4.00. The minimum atomic E-state index is 0.653. The van der Waals surface area contributed by atoms with Gasteiger partial charge in [-0.15, -0.1) is 11.8 Å². The molecule has 0 bridgehead atoms. The lowest BCUT2D eigenvalue weighted by molar-refractivity contribution is 0.660. The molecule has 0 saturated carbocycles. The maximum Gasteiger partial charge on any atom is 0.114 e. The molecule has 0 N–H and O–H groups in total. The zero-order valence-electron chi connectivity index (χ0n) is 12.2. The molecule has 0 radical (unpaired) electrons. The molecule has 22 heavy (non-hydrogen) atoms. The molecule has 1 heterocycles. The largest absolute Gasteiger partial charge is 0.245 e. The highest BCUT2D eigenvalue weighted by Crippen LogP contribution is 2.29. The zero-order valence-corrected chi connectivity index (χ0v) is 13.0. The van der Waals surface area contributed by atoms with Gasteiger partial charge in [0.05, 0.1) is 17.2 Å². The fourth-order valence-electron chi connectivity index (χ4n) is 2.71. The van der Waals surface area contributed by atoms with Crippen molar-refractivity contribution in [2.75, 3.05) is 0 Å². The number of thioether (sulfide) groups is 1. The summed E-state index contributed by atoms with van der Waals surface area (Å²) in [6, 6.07) is 14.0. The third-order valence-corrected chi connectivity index (χ3v) is 4.93. The van der Waals surface area contributed by atoms with Gasteiger partial charge >= 0.3 is 0 Å². The summed E-state index contributed by atoms with van der Waals surface area (Å²) in [5.74, 6) is 0.657. The van der Waals surface area contributed by atoms with Crippen LogP contribution in [0.3, 0.4) is 0 Å². The van der Waals surface area contributed by atoms with E-state index >= 15 is 0 Å². The molecule has 0 saturated heterocycles. The number of nitrogens with zero attached hydrogens (tertiary/aromatic N) is 3. The minimum absolute atomic E-state index is 0.653. The smallest absolute Gasteiger partial charge is 0.114 e. The molecule has 0 atom stereocenters. The molecule has 0 aliphatic heterocycles. The number of fused-ring (bicyclic) bond motifs is 1. The van der Waals surface area contributed by atoms with Crippen molar-refractivity contribution in [1.29, 1.82) is 10.5 Å². The topological polar surface area (TPSA) is 60.5 Å². The van der Waals surface area contributed by atoms with E-state index < -0.39 is 0 Å². The van der Waals surface area contributed by atoms with Crippen LogP contribution in [0.4, 0.5) is 0 Å². The average Bonchev–Trinajstić information content (AvgIpc) is 2.59. The van der Waals surface area contributed by atoms with E-state index in [9.17, 15) is 5.26 Å². The number of aromatic nitrogens is 1. The van der Waals surface area contributed by atoms with Crippen molar-refractivity contribution in [3.8, 4) is 12.1 Å². The van der Waals surface area contributed by atoms with E-state index in [1.807, 2.05) is 30.3 Å². The first kappa shape index (κ1) is 14.6. The van der Waals surface area contributed by atoms with Crippen LogP contribution >= 0.6 is 11.8 Å². The fourth-order valence-corrected chi connectivity index (χ4v) is 3.68. The Morgan fingerprint density at radius 3 is 2.64 bits per heavy atom. The van der Waals surface area contributed by atoms with Crippen LogP contribution in [0.15, 0.2) is 35.4 Å². The first-order chi connectivity index (χ1) is 10.8. The van der Waals surface area contributed by atoms with Crippen LogP contribution in [-0.4, -0.2) is 4.98 Å². The second kappa shape index (κ2) is 6.64. The van der Waals surface area contributed by atoms with Gasteiger partial charge in [0.25, 0.3) is 0 Å². The molecule has 1 aliphatic rings. The van der Waals surface area contributed by atoms with Gasteiger partial charge in [0.2, 0.25) is 0 Å². The number of benzene rings is 1. The summed E-state index contributed by atoms with van der Waals surface area (Å²) in [7, 11) is 0. The minimum Gasteiger partial charge on any atom is -0.245 e. The Bertz CT molecular complexity index is 784. The third-order valence-electron chi connectivity index (χ3n) is 3.89. The Morgan fingerprint density at radius 2 is 1.82 bits per heavy atom. The van der Waals surface area contributed by atoms with Gasteiger partial charge in [-0.3, -0.25) is 0 Å². The molecule has 0 amide bonds. The van der Waals surface area contributed by atoms with Gasteiger partial charge in [-0.2, -0.15) is 10.5 Å². The molecule has 108 valence electrons. The van der Waals surface area contributed by atoms with Gasteiger partial charge in [0.15, 0.2) is 0 Å². The summed E-state index contributed by atoms with van der Waals surface area (Å²) in [5, 5.41) is 19.3. The second-order valence-electron chi connectivity index (χ2n) is 5.32. The fraction of sp³-hybridized carbons (Fsp3) is 0.278. The Labute approximate surface area is 134 Å². The highest BCUT2D eigenvalue weighted by molar-refractivity contribution is 7.98. The van der Waals surface area contributed by atoms with Crippen LogP contribution in [0.5, 0.6) is 0 Å². The Morgan fingerprint density at radius 1 is 1.05 bits per heavy atom. The quantitative estimate of drug-likeness (QED) is 0.804. The normalized spacial score (nSPS) is 13.0. The van der Waals surface area contributed by atoms with Crippen LogP contribution < -0.4 is 0 Å². The summed E-state index contributed by atoms with van der Waals surface area (Å²) < 4.78 is 0. The van der Waals surface area contributed by atoms with Crippen LogP contribution in [0.1, 0.15) is 40.8 Å². The predicted molar refractivity (Wildman–Crippen MR) is 86.3 cm³/mol. The molecule has 1 aliphatic carbocycles. The maximum atomic E-state index is 9.36. The molecule has 1 aromatic heterocycles. The number of nitriles is 2. The molecule has 3 rings (SSSR count). The summed E-state index contributed by atoms with van der Waals surface area (Å²) >= 11 is 1.54. The highest BCUT2D eigenvalue weighted by Gasteiger charge is 2.15. The van der Waals surface area contributed by atoms with Crippen molar-refractivity contribution in [3.05, 3.63) is 58.3 Å². The summed E-state index contributed by atoms with van der Waals surface area (Å²) in [5.41, 5.74) is 4.69. The van der Waals surface area contributed by atoms with Crippen molar-refractivity contribution < 1.29 is 0 Å². The van der Waals surface area contributed by atoms with E-state index in [1.54, 1.807) is 11.8 Å². The van der Waals surface area contributed by atoms with Crippen LogP contribution in [-0.2, 0) is 18.6 Å². The monoisotopic (exact) mass is 305 g/mol. The summed E-state index contributed by atoms with van der Waals surface area (Å²) in [6.07, 6.45) is 4.39. The zero-order chi connectivity index (χ0) is 15.4. The molecule has 0 unspecified atom stereocenters. The van der Waals surface area contributed by atoms with Crippen molar-refractivity contribution in [1.82, 2.24) is 4.98 Å². The van der Waals surface area contributed by atoms with Crippen molar-refractivity contribution in [3.63, 3.8) is 0 Å². The van der Waals surface area contributed by atoms with E-state index in [1.165, 1.54) is 18.4 Å².